The summed E-state index contributed by atoms with van der Waals surface area (Å²) in [5, 5.41) is 75.4. The Morgan fingerprint density at radius 3 is 1.17 bits per heavy atom. The number of hydrogen-bond acceptors (Lipinski definition) is 9. The SMILES string of the molecule is CC(O)CC(O)CO.CC(O)CCCO.CCCC(O)CO.OCCCCCO. The maximum Gasteiger partial charge on any atom is 0.0795 e. The van der Waals surface area contributed by atoms with Crippen LogP contribution in [0.3, 0.4) is 0 Å². The highest BCUT2D eigenvalue weighted by molar-refractivity contribution is 4.56. The summed E-state index contributed by atoms with van der Waals surface area (Å²) < 4.78 is 0. The van der Waals surface area contributed by atoms with E-state index in [-0.39, 0.29) is 45.6 Å². The molecule has 0 aromatic rings. The van der Waals surface area contributed by atoms with Crippen molar-refractivity contribution in [2.75, 3.05) is 33.0 Å². The topological polar surface area (TPSA) is 182 Å². The average Bonchev–Trinajstić information content (AvgIpc) is 2.67. The zero-order valence-corrected chi connectivity index (χ0v) is 18.5. The lowest BCUT2D eigenvalue weighted by Gasteiger charge is -2.07. The Balaban J connectivity index is -0.000000144. The van der Waals surface area contributed by atoms with Crippen molar-refractivity contribution in [2.24, 2.45) is 0 Å². The van der Waals surface area contributed by atoms with E-state index in [2.05, 4.69) is 0 Å². The molecule has 0 aliphatic carbocycles. The molecular weight excluding hydrogens is 384 g/mol. The summed E-state index contributed by atoms with van der Waals surface area (Å²) in [4.78, 5) is 0. The van der Waals surface area contributed by atoms with Crippen molar-refractivity contribution in [3.8, 4) is 0 Å². The number of aliphatic hydroxyl groups is 9. The van der Waals surface area contributed by atoms with Crippen LogP contribution in [0.5, 0.6) is 0 Å². The third kappa shape index (κ3) is 52.3. The summed E-state index contributed by atoms with van der Waals surface area (Å²) in [6, 6.07) is 0. The summed E-state index contributed by atoms with van der Waals surface area (Å²) in [5.74, 6) is 0. The predicted molar refractivity (Wildman–Crippen MR) is 113 cm³/mol. The Labute approximate surface area is 176 Å². The largest absolute Gasteiger partial charge is 0.396 e. The maximum absolute atomic E-state index is 8.62. The minimum absolute atomic E-state index is 0.103. The van der Waals surface area contributed by atoms with Gasteiger partial charge in [-0.2, -0.15) is 0 Å². The Bertz CT molecular complexity index is 250. The van der Waals surface area contributed by atoms with E-state index in [9.17, 15) is 0 Å². The lowest BCUT2D eigenvalue weighted by atomic mass is 10.2. The first kappa shape index (κ1) is 36.0. The molecule has 9 N–H and O–H groups in total. The number of aliphatic hydroxyl groups excluding tert-OH is 9. The second-order valence-electron chi connectivity index (χ2n) is 6.77. The molecule has 0 saturated heterocycles. The number of unbranched alkanes of at least 4 members (excludes halogenated alkanes) is 2. The van der Waals surface area contributed by atoms with Gasteiger partial charge in [-0.1, -0.05) is 13.3 Å². The van der Waals surface area contributed by atoms with Crippen molar-refractivity contribution in [1.82, 2.24) is 0 Å². The molecule has 4 atom stereocenters. The van der Waals surface area contributed by atoms with Crippen LogP contribution in [-0.2, 0) is 0 Å². The smallest absolute Gasteiger partial charge is 0.0795 e. The Morgan fingerprint density at radius 1 is 0.552 bits per heavy atom. The molecule has 0 heterocycles. The van der Waals surface area contributed by atoms with Crippen LogP contribution in [0.15, 0.2) is 0 Å². The fraction of sp³-hybridized carbons (Fsp3) is 1.00. The second kappa shape index (κ2) is 32.3. The third-order valence-electron chi connectivity index (χ3n) is 3.25. The van der Waals surface area contributed by atoms with E-state index in [4.69, 9.17) is 46.0 Å². The van der Waals surface area contributed by atoms with Gasteiger partial charge in [0.15, 0.2) is 0 Å². The number of hydrogen-bond donors (Lipinski definition) is 9. The van der Waals surface area contributed by atoms with E-state index in [1.807, 2.05) is 6.92 Å². The van der Waals surface area contributed by atoms with E-state index >= 15 is 0 Å². The quantitative estimate of drug-likeness (QED) is 0.174. The summed E-state index contributed by atoms with van der Waals surface area (Å²) >= 11 is 0. The van der Waals surface area contributed by atoms with Crippen molar-refractivity contribution in [3.05, 3.63) is 0 Å². The molecular formula is C20H48O9. The van der Waals surface area contributed by atoms with E-state index in [0.29, 0.717) is 19.3 Å². The highest BCUT2D eigenvalue weighted by atomic mass is 16.3. The molecule has 4 unspecified atom stereocenters. The lowest BCUT2D eigenvalue weighted by Crippen LogP contribution is -2.18. The van der Waals surface area contributed by atoms with Crippen LogP contribution >= 0.6 is 0 Å². The summed E-state index contributed by atoms with van der Waals surface area (Å²) in [5.41, 5.74) is 0. The molecule has 0 aromatic heterocycles. The molecule has 0 radical (unpaired) electrons. The van der Waals surface area contributed by atoms with Gasteiger partial charge < -0.3 is 46.0 Å². The third-order valence-corrected chi connectivity index (χ3v) is 3.25. The molecule has 0 amide bonds. The molecule has 29 heavy (non-hydrogen) atoms. The molecule has 182 valence electrons. The van der Waals surface area contributed by atoms with Gasteiger partial charge in [-0.05, 0) is 52.4 Å². The van der Waals surface area contributed by atoms with Gasteiger partial charge in [0.05, 0.1) is 37.6 Å². The minimum atomic E-state index is -0.769. The molecule has 0 aromatic carbocycles. The zero-order chi connectivity index (χ0) is 23.5. The fourth-order valence-electron chi connectivity index (χ4n) is 1.68. The average molecular weight is 433 g/mol. The Morgan fingerprint density at radius 2 is 1.00 bits per heavy atom. The van der Waals surface area contributed by atoms with E-state index < -0.39 is 18.3 Å². The highest BCUT2D eigenvalue weighted by Gasteiger charge is 2.04. The first-order valence-corrected chi connectivity index (χ1v) is 10.4. The monoisotopic (exact) mass is 432 g/mol. The van der Waals surface area contributed by atoms with Crippen LogP contribution in [-0.4, -0.2) is 103 Å². The van der Waals surface area contributed by atoms with Gasteiger partial charge >= 0.3 is 0 Å². The highest BCUT2D eigenvalue weighted by Crippen LogP contribution is 1.95. The van der Waals surface area contributed by atoms with E-state index in [0.717, 1.165) is 25.7 Å². The van der Waals surface area contributed by atoms with Gasteiger partial charge in [-0.3, -0.25) is 0 Å². The molecule has 0 aliphatic rings. The van der Waals surface area contributed by atoms with Gasteiger partial charge in [-0.25, -0.2) is 0 Å². The van der Waals surface area contributed by atoms with Crippen LogP contribution < -0.4 is 0 Å². The molecule has 0 saturated carbocycles. The Hall–Kier alpha value is -0.360. The summed E-state index contributed by atoms with van der Waals surface area (Å²) in [7, 11) is 0. The molecule has 0 spiro atoms. The van der Waals surface area contributed by atoms with Crippen LogP contribution in [0.1, 0.15) is 72.1 Å². The van der Waals surface area contributed by atoms with Gasteiger partial charge in [0, 0.05) is 26.2 Å². The first-order chi connectivity index (χ1) is 13.7. The van der Waals surface area contributed by atoms with E-state index in [1.165, 1.54) is 0 Å². The number of rotatable bonds is 13. The molecule has 0 bridgehead atoms. The lowest BCUT2D eigenvalue weighted by molar-refractivity contribution is 0.0478. The fourth-order valence-corrected chi connectivity index (χ4v) is 1.68. The van der Waals surface area contributed by atoms with Crippen molar-refractivity contribution < 1.29 is 46.0 Å². The predicted octanol–water partition coefficient (Wildman–Crippen LogP) is -0.469. The molecule has 9 nitrogen and oxygen atoms in total. The van der Waals surface area contributed by atoms with Crippen molar-refractivity contribution in [3.63, 3.8) is 0 Å². The second-order valence-corrected chi connectivity index (χ2v) is 6.77. The van der Waals surface area contributed by atoms with Crippen molar-refractivity contribution in [1.29, 1.82) is 0 Å². The van der Waals surface area contributed by atoms with Crippen LogP contribution in [0.2, 0.25) is 0 Å². The normalized spacial score (nSPS) is 14.1. The van der Waals surface area contributed by atoms with E-state index in [1.54, 1.807) is 13.8 Å². The molecule has 0 fully saturated rings. The van der Waals surface area contributed by atoms with Crippen molar-refractivity contribution >= 4 is 0 Å². The Kier molecular flexibility index (Phi) is 40.2. The van der Waals surface area contributed by atoms with Crippen LogP contribution in [0.25, 0.3) is 0 Å². The van der Waals surface area contributed by atoms with Gasteiger partial charge in [0.1, 0.15) is 0 Å². The summed E-state index contributed by atoms with van der Waals surface area (Å²) in [6.07, 6.45) is 3.82. The molecule has 9 heteroatoms. The van der Waals surface area contributed by atoms with Crippen LogP contribution in [0.4, 0.5) is 0 Å². The molecule has 0 rings (SSSR count). The maximum atomic E-state index is 8.62. The summed E-state index contributed by atoms with van der Waals surface area (Å²) in [6.45, 7) is 5.57. The zero-order valence-electron chi connectivity index (χ0n) is 18.5. The first-order valence-electron chi connectivity index (χ1n) is 10.4. The van der Waals surface area contributed by atoms with Gasteiger partial charge in [0.25, 0.3) is 0 Å². The standard InChI is InChI=1S/C5H12O3.3C5H12O2/c1-4(7)2-5(8)3-6;1-5(7)3-2-4-6;1-2-3-5(7)4-6;6-4-2-1-3-5-7/h4-8H,2-3H2,1H3;2*5-7H,2-4H2,1H3;6-7H,1-5H2. The van der Waals surface area contributed by atoms with Crippen molar-refractivity contribution in [2.45, 2.75) is 96.6 Å². The molecule has 0 aliphatic heterocycles. The van der Waals surface area contributed by atoms with Crippen LogP contribution in [0, 0.1) is 0 Å². The minimum Gasteiger partial charge on any atom is -0.396 e. The van der Waals surface area contributed by atoms with Gasteiger partial charge in [-0.15, -0.1) is 0 Å². The van der Waals surface area contributed by atoms with Gasteiger partial charge in [0.2, 0.25) is 0 Å².